The molecule has 1 rings (SSSR count). The Labute approximate surface area is 102 Å². The SMILES string of the molecule is CCCC(C)(NCCn1ccnc1C)C(=O)O. The molecule has 0 aliphatic heterocycles. The van der Waals surface area contributed by atoms with Crippen LogP contribution in [0, 0.1) is 6.92 Å². The highest BCUT2D eigenvalue weighted by molar-refractivity contribution is 5.78. The van der Waals surface area contributed by atoms with E-state index < -0.39 is 11.5 Å². The van der Waals surface area contributed by atoms with Crippen LogP contribution in [0.2, 0.25) is 0 Å². The highest BCUT2D eigenvalue weighted by Gasteiger charge is 2.30. The Morgan fingerprint density at radius 1 is 1.65 bits per heavy atom. The molecule has 0 spiro atoms. The quantitative estimate of drug-likeness (QED) is 0.755. The molecule has 17 heavy (non-hydrogen) atoms. The molecular weight excluding hydrogens is 218 g/mol. The van der Waals surface area contributed by atoms with Gasteiger partial charge in [0.1, 0.15) is 11.4 Å². The van der Waals surface area contributed by atoms with Gasteiger partial charge in [-0.05, 0) is 20.3 Å². The van der Waals surface area contributed by atoms with Crippen molar-refractivity contribution in [3.8, 4) is 0 Å². The molecule has 0 aliphatic rings. The number of hydrogen-bond donors (Lipinski definition) is 2. The summed E-state index contributed by atoms with van der Waals surface area (Å²) in [6.07, 6.45) is 5.12. The lowest BCUT2D eigenvalue weighted by molar-refractivity contribution is -0.144. The van der Waals surface area contributed by atoms with E-state index in [-0.39, 0.29) is 0 Å². The van der Waals surface area contributed by atoms with Gasteiger partial charge >= 0.3 is 5.97 Å². The third-order valence-electron chi connectivity index (χ3n) is 3.01. The predicted molar refractivity (Wildman–Crippen MR) is 65.9 cm³/mol. The average molecular weight is 239 g/mol. The van der Waals surface area contributed by atoms with Crippen LogP contribution in [0.1, 0.15) is 32.5 Å². The molecule has 0 radical (unpaired) electrons. The van der Waals surface area contributed by atoms with Gasteiger partial charge in [-0.15, -0.1) is 0 Å². The Bertz CT molecular complexity index is 376. The van der Waals surface area contributed by atoms with Crippen molar-refractivity contribution in [1.82, 2.24) is 14.9 Å². The van der Waals surface area contributed by atoms with Crippen molar-refractivity contribution < 1.29 is 9.90 Å². The molecule has 0 aliphatic carbocycles. The van der Waals surface area contributed by atoms with E-state index in [2.05, 4.69) is 10.3 Å². The van der Waals surface area contributed by atoms with Gasteiger partial charge in [-0.25, -0.2) is 4.98 Å². The second-order valence-corrected chi connectivity index (χ2v) is 4.48. The van der Waals surface area contributed by atoms with Gasteiger partial charge in [-0.3, -0.25) is 4.79 Å². The average Bonchev–Trinajstić information content (AvgIpc) is 2.65. The van der Waals surface area contributed by atoms with Crippen LogP contribution in [0.4, 0.5) is 0 Å². The molecule has 1 aromatic rings. The molecule has 0 aromatic carbocycles. The highest BCUT2D eigenvalue weighted by Crippen LogP contribution is 2.12. The summed E-state index contributed by atoms with van der Waals surface area (Å²) in [5.74, 6) is 0.154. The van der Waals surface area contributed by atoms with Gasteiger partial charge in [0, 0.05) is 25.5 Å². The fraction of sp³-hybridized carbons (Fsp3) is 0.667. The summed E-state index contributed by atoms with van der Waals surface area (Å²) in [5, 5.41) is 12.3. The number of imidazole rings is 1. The first-order chi connectivity index (χ1) is 7.99. The van der Waals surface area contributed by atoms with E-state index in [0.717, 1.165) is 18.8 Å². The summed E-state index contributed by atoms with van der Waals surface area (Å²) >= 11 is 0. The second kappa shape index (κ2) is 5.82. The molecule has 96 valence electrons. The zero-order valence-electron chi connectivity index (χ0n) is 10.7. The lowest BCUT2D eigenvalue weighted by Crippen LogP contribution is -2.50. The largest absolute Gasteiger partial charge is 0.480 e. The smallest absolute Gasteiger partial charge is 0.323 e. The number of carboxylic acid groups (broad SMARTS) is 1. The fourth-order valence-electron chi connectivity index (χ4n) is 1.86. The summed E-state index contributed by atoms with van der Waals surface area (Å²) in [6.45, 7) is 7.02. The normalized spacial score (nSPS) is 14.5. The Kier molecular flexibility index (Phi) is 4.69. The second-order valence-electron chi connectivity index (χ2n) is 4.48. The third-order valence-corrected chi connectivity index (χ3v) is 3.01. The van der Waals surface area contributed by atoms with Crippen molar-refractivity contribution in [1.29, 1.82) is 0 Å². The molecule has 0 saturated carbocycles. The first-order valence-corrected chi connectivity index (χ1v) is 5.96. The maximum Gasteiger partial charge on any atom is 0.323 e. The molecule has 1 atom stereocenters. The molecule has 0 saturated heterocycles. The van der Waals surface area contributed by atoms with Gasteiger partial charge < -0.3 is 15.0 Å². The van der Waals surface area contributed by atoms with Crippen molar-refractivity contribution in [2.75, 3.05) is 6.54 Å². The Hall–Kier alpha value is -1.36. The van der Waals surface area contributed by atoms with Crippen LogP contribution in [0.3, 0.4) is 0 Å². The summed E-state index contributed by atoms with van der Waals surface area (Å²) in [7, 11) is 0. The van der Waals surface area contributed by atoms with Crippen molar-refractivity contribution in [2.24, 2.45) is 0 Å². The van der Waals surface area contributed by atoms with Gasteiger partial charge in [-0.1, -0.05) is 13.3 Å². The van der Waals surface area contributed by atoms with Gasteiger partial charge in [-0.2, -0.15) is 0 Å². The molecule has 2 N–H and O–H groups in total. The van der Waals surface area contributed by atoms with E-state index in [1.165, 1.54) is 0 Å². The van der Waals surface area contributed by atoms with E-state index in [4.69, 9.17) is 0 Å². The number of nitrogens with one attached hydrogen (secondary N) is 1. The van der Waals surface area contributed by atoms with Crippen molar-refractivity contribution in [3.05, 3.63) is 18.2 Å². The van der Waals surface area contributed by atoms with E-state index >= 15 is 0 Å². The van der Waals surface area contributed by atoms with Crippen LogP contribution in [-0.2, 0) is 11.3 Å². The van der Waals surface area contributed by atoms with E-state index in [1.54, 1.807) is 13.1 Å². The molecule has 1 unspecified atom stereocenters. The van der Waals surface area contributed by atoms with E-state index in [0.29, 0.717) is 13.0 Å². The minimum atomic E-state index is -0.830. The summed E-state index contributed by atoms with van der Waals surface area (Å²) < 4.78 is 2.00. The number of hydrogen-bond acceptors (Lipinski definition) is 3. The Morgan fingerprint density at radius 3 is 2.82 bits per heavy atom. The van der Waals surface area contributed by atoms with Gasteiger partial charge in [0.15, 0.2) is 0 Å². The van der Waals surface area contributed by atoms with Crippen LogP contribution in [0.5, 0.6) is 0 Å². The molecule has 5 heteroatoms. The van der Waals surface area contributed by atoms with Crippen molar-refractivity contribution in [3.63, 3.8) is 0 Å². The minimum absolute atomic E-state index is 0.625. The monoisotopic (exact) mass is 239 g/mol. The molecule has 1 aromatic heterocycles. The number of aryl methyl sites for hydroxylation is 1. The van der Waals surface area contributed by atoms with Crippen LogP contribution in [-0.4, -0.2) is 32.7 Å². The number of carbonyl (C=O) groups is 1. The number of rotatable bonds is 7. The predicted octanol–water partition coefficient (Wildman–Crippen LogP) is 1.42. The maximum atomic E-state index is 11.2. The topological polar surface area (TPSA) is 67.2 Å². The summed E-state index contributed by atoms with van der Waals surface area (Å²) in [4.78, 5) is 15.3. The number of nitrogens with zero attached hydrogens (tertiary/aromatic N) is 2. The number of aromatic nitrogens is 2. The van der Waals surface area contributed by atoms with Crippen molar-refractivity contribution >= 4 is 5.97 Å². The standard InChI is InChI=1S/C12H21N3O2/c1-4-5-12(3,11(16)17)14-7-9-15-8-6-13-10(15)2/h6,8,14H,4-5,7,9H2,1-3H3,(H,16,17). The van der Waals surface area contributed by atoms with Crippen LogP contribution >= 0.6 is 0 Å². The first-order valence-electron chi connectivity index (χ1n) is 5.96. The third kappa shape index (κ3) is 3.56. The fourth-order valence-corrected chi connectivity index (χ4v) is 1.86. The van der Waals surface area contributed by atoms with Crippen LogP contribution < -0.4 is 5.32 Å². The van der Waals surface area contributed by atoms with Gasteiger partial charge in [0.2, 0.25) is 0 Å². The van der Waals surface area contributed by atoms with Crippen LogP contribution in [0.25, 0.3) is 0 Å². The first kappa shape index (κ1) is 13.7. The zero-order valence-corrected chi connectivity index (χ0v) is 10.7. The zero-order chi connectivity index (χ0) is 12.9. The lowest BCUT2D eigenvalue weighted by atomic mass is 9.96. The molecule has 0 bridgehead atoms. The van der Waals surface area contributed by atoms with Crippen LogP contribution in [0.15, 0.2) is 12.4 Å². The van der Waals surface area contributed by atoms with E-state index in [1.807, 2.05) is 24.6 Å². The highest BCUT2D eigenvalue weighted by atomic mass is 16.4. The summed E-state index contributed by atoms with van der Waals surface area (Å²) in [5.41, 5.74) is -0.830. The molecular formula is C12H21N3O2. The van der Waals surface area contributed by atoms with Crippen molar-refractivity contribution in [2.45, 2.75) is 45.7 Å². The number of aliphatic carboxylic acids is 1. The molecule has 1 heterocycles. The molecule has 5 nitrogen and oxygen atoms in total. The Morgan fingerprint density at radius 2 is 2.35 bits per heavy atom. The Balaban J connectivity index is 2.48. The number of carboxylic acids is 1. The summed E-state index contributed by atoms with van der Waals surface area (Å²) in [6, 6.07) is 0. The molecule has 0 amide bonds. The molecule has 0 fully saturated rings. The van der Waals surface area contributed by atoms with Gasteiger partial charge in [0.25, 0.3) is 0 Å². The minimum Gasteiger partial charge on any atom is -0.480 e. The van der Waals surface area contributed by atoms with E-state index in [9.17, 15) is 9.90 Å². The maximum absolute atomic E-state index is 11.2. The van der Waals surface area contributed by atoms with Gasteiger partial charge in [0.05, 0.1) is 0 Å². The lowest BCUT2D eigenvalue weighted by Gasteiger charge is -2.26.